The Morgan fingerprint density at radius 3 is 2.42 bits per heavy atom. The van der Waals surface area contributed by atoms with Gasteiger partial charge < -0.3 is 30.3 Å². The summed E-state index contributed by atoms with van der Waals surface area (Å²) >= 11 is 0. The maximum atomic E-state index is 13.4. The number of hydrogen-bond acceptors (Lipinski definition) is 6. The predicted octanol–water partition coefficient (Wildman–Crippen LogP) is 3.23. The van der Waals surface area contributed by atoms with Crippen LogP contribution in [0.1, 0.15) is 47.8 Å². The molecule has 7 nitrogen and oxygen atoms in total. The van der Waals surface area contributed by atoms with Gasteiger partial charge in [0.1, 0.15) is 0 Å². The Morgan fingerprint density at radius 1 is 1.06 bits per heavy atom. The molecule has 3 rings (SSSR count). The van der Waals surface area contributed by atoms with E-state index in [1.54, 1.807) is 14.2 Å². The fourth-order valence-electron chi connectivity index (χ4n) is 4.29. The van der Waals surface area contributed by atoms with E-state index in [4.69, 9.17) is 15.2 Å². The van der Waals surface area contributed by atoms with Crippen molar-refractivity contribution in [2.24, 2.45) is 5.73 Å². The summed E-state index contributed by atoms with van der Waals surface area (Å²) in [6.07, 6.45) is 1.63. The molecule has 0 spiro atoms. The lowest BCUT2D eigenvalue weighted by molar-refractivity contribution is 0.0939. The van der Waals surface area contributed by atoms with Crippen molar-refractivity contribution in [2.75, 3.05) is 58.4 Å². The number of methoxy groups -OCH3 is 2. The van der Waals surface area contributed by atoms with Crippen LogP contribution in [0.2, 0.25) is 0 Å². The molecule has 2 aromatic carbocycles. The Morgan fingerprint density at radius 2 is 1.79 bits per heavy atom. The third kappa shape index (κ3) is 6.18. The lowest BCUT2D eigenvalue weighted by atomic mass is 9.99. The summed E-state index contributed by atoms with van der Waals surface area (Å²) in [6.45, 7) is 9.89. The molecule has 1 atom stereocenters. The third-order valence-electron chi connectivity index (χ3n) is 6.43. The number of aryl methyl sites for hydroxylation is 1. The highest BCUT2D eigenvalue weighted by atomic mass is 16.5. The first-order valence-electron chi connectivity index (χ1n) is 11.8. The Bertz CT molecular complexity index is 926. The van der Waals surface area contributed by atoms with Crippen LogP contribution < -0.4 is 25.4 Å². The van der Waals surface area contributed by atoms with E-state index >= 15 is 0 Å². The van der Waals surface area contributed by atoms with Crippen LogP contribution in [0.15, 0.2) is 36.4 Å². The van der Waals surface area contributed by atoms with Gasteiger partial charge in [-0.25, -0.2) is 0 Å². The standard InChI is InChI=1S/C26H38N4O3/c1-5-29-13-15-30(16-14-29)22-10-8-20(7-6-12-27)23(18-22)26(31)28-19(2)21-9-11-24(32-3)25(17-21)33-4/h8-11,17-19H,5-7,12-16,27H2,1-4H3,(H,28,31)/t19-/m1/s1. The molecule has 0 bridgehead atoms. The fraction of sp³-hybridized carbons (Fsp3) is 0.500. The Kier molecular flexibility index (Phi) is 8.97. The summed E-state index contributed by atoms with van der Waals surface area (Å²) in [6, 6.07) is 11.8. The molecule has 180 valence electrons. The maximum absolute atomic E-state index is 13.4. The van der Waals surface area contributed by atoms with Gasteiger partial charge in [0.2, 0.25) is 0 Å². The molecule has 1 amide bonds. The van der Waals surface area contributed by atoms with Crippen molar-refractivity contribution >= 4 is 11.6 Å². The number of nitrogens with two attached hydrogens (primary N) is 1. The summed E-state index contributed by atoms with van der Waals surface area (Å²) < 4.78 is 10.7. The SMILES string of the molecule is CCN1CCN(c2ccc(CCCN)c(C(=O)N[C@H](C)c3ccc(OC)c(OC)c3)c2)CC1. The van der Waals surface area contributed by atoms with Crippen molar-refractivity contribution in [3.8, 4) is 11.5 Å². The monoisotopic (exact) mass is 454 g/mol. The average molecular weight is 455 g/mol. The summed E-state index contributed by atoms with van der Waals surface area (Å²) in [5.41, 5.74) is 9.57. The van der Waals surface area contributed by atoms with Crippen LogP contribution in [0.5, 0.6) is 11.5 Å². The van der Waals surface area contributed by atoms with Crippen LogP contribution in [-0.4, -0.2) is 64.3 Å². The van der Waals surface area contributed by atoms with Crippen LogP contribution in [0, 0.1) is 0 Å². The molecule has 0 aromatic heterocycles. The molecule has 1 aliphatic heterocycles. The molecular weight excluding hydrogens is 416 g/mol. The minimum Gasteiger partial charge on any atom is -0.493 e. The molecule has 3 N–H and O–H groups in total. The zero-order chi connectivity index (χ0) is 23.8. The highest BCUT2D eigenvalue weighted by molar-refractivity contribution is 5.97. The smallest absolute Gasteiger partial charge is 0.252 e. The van der Waals surface area contributed by atoms with Gasteiger partial charge in [-0.15, -0.1) is 0 Å². The van der Waals surface area contributed by atoms with Gasteiger partial charge in [-0.1, -0.05) is 19.1 Å². The number of piperazine rings is 1. The summed E-state index contributed by atoms with van der Waals surface area (Å²) in [5.74, 6) is 1.24. The zero-order valence-corrected chi connectivity index (χ0v) is 20.4. The normalized spacial score (nSPS) is 15.2. The second-order valence-corrected chi connectivity index (χ2v) is 8.46. The van der Waals surface area contributed by atoms with E-state index in [1.807, 2.05) is 31.2 Å². The van der Waals surface area contributed by atoms with E-state index in [0.29, 0.717) is 18.0 Å². The lowest BCUT2D eigenvalue weighted by Gasteiger charge is -2.35. The van der Waals surface area contributed by atoms with E-state index < -0.39 is 0 Å². The molecule has 2 aromatic rings. The van der Waals surface area contributed by atoms with Gasteiger partial charge in [0, 0.05) is 37.4 Å². The molecule has 0 aliphatic carbocycles. The molecule has 1 aliphatic rings. The van der Waals surface area contributed by atoms with Gasteiger partial charge in [0.05, 0.1) is 20.3 Å². The minimum atomic E-state index is -0.184. The number of hydrogen-bond donors (Lipinski definition) is 2. The summed E-state index contributed by atoms with van der Waals surface area (Å²) in [4.78, 5) is 18.2. The van der Waals surface area contributed by atoms with E-state index in [2.05, 4.69) is 34.2 Å². The summed E-state index contributed by atoms with van der Waals surface area (Å²) in [5, 5.41) is 3.17. The highest BCUT2D eigenvalue weighted by Gasteiger charge is 2.20. The van der Waals surface area contributed by atoms with Crippen LogP contribution in [0.25, 0.3) is 0 Å². The Hall–Kier alpha value is -2.77. The van der Waals surface area contributed by atoms with Crippen molar-refractivity contribution in [3.63, 3.8) is 0 Å². The number of likely N-dealkylation sites (N-methyl/N-ethyl adjacent to an activating group) is 1. The molecule has 1 heterocycles. The maximum Gasteiger partial charge on any atom is 0.252 e. The highest BCUT2D eigenvalue weighted by Crippen LogP contribution is 2.30. The van der Waals surface area contributed by atoms with Crippen LogP contribution in [0.3, 0.4) is 0 Å². The quantitative estimate of drug-likeness (QED) is 0.574. The number of nitrogens with zero attached hydrogens (tertiary/aromatic N) is 2. The second kappa shape index (κ2) is 11.9. The van der Waals surface area contributed by atoms with Gasteiger partial charge in [0.25, 0.3) is 5.91 Å². The number of carbonyl (C=O) groups excluding carboxylic acids is 1. The van der Waals surface area contributed by atoms with Crippen molar-refractivity contribution in [3.05, 3.63) is 53.1 Å². The van der Waals surface area contributed by atoms with Gasteiger partial charge >= 0.3 is 0 Å². The number of amides is 1. The number of ether oxygens (including phenoxy) is 2. The van der Waals surface area contributed by atoms with Gasteiger partial charge in [-0.05, 0) is 68.2 Å². The largest absolute Gasteiger partial charge is 0.493 e. The number of benzene rings is 2. The number of carbonyl (C=O) groups is 1. The Labute approximate surface area is 197 Å². The zero-order valence-electron chi connectivity index (χ0n) is 20.4. The molecule has 7 heteroatoms. The van der Waals surface area contributed by atoms with Crippen LogP contribution >= 0.6 is 0 Å². The number of nitrogens with one attached hydrogen (secondary N) is 1. The Balaban J connectivity index is 1.80. The van der Waals surface area contributed by atoms with E-state index in [0.717, 1.165) is 67.9 Å². The third-order valence-corrected chi connectivity index (χ3v) is 6.43. The van der Waals surface area contributed by atoms with Gasteiger partial charge in [-0.3, -0.25) is 4.79 Å². The molecule has 1 saturated heterocycles. The first kappa shape index (κ1) is 24.9. The van der Waals surface area contributed by atoms with E-state index in [9.17, 15) is 4.79 Å². The first-order chi connectivity index (χ1) is 16.0. The van der Waals surface area contributed by atoms with Crippen molar-refractivity contribution in [1.82, 2.24) is 10.2 Å². The molecule has 0 unspecified atom stereocenters. The first-order valence-corrected chi connectivity index (χ1v) is 11.8. The average Bonchev–Trinajstić information content (AvgIpc) is 2.86. The van der Waals surface area contributed by atoms with E-state index in [1.165, 1.54) is 0 Å². The molecule has 33 heavy (non-hydrogen) atoms. The topological polar surface area (TPSA) is 80.1 Å². The minimum absolute atomic E-state index is 0.0710. The van der Waals surface area contributed by atoms with E-state index in [-0.39, 0.29) is 11.9 Å². The van der Waals surface area contributed by atoms with Crippen molar-refractivity contribution in [1.29, 1.82) is 0 Å². The van der Waals surface area contributed by atoms with Crippen molar-refractivity contribution in [2.45, 2.75) is 32.7 Å². The number of rotatable bonds is 10. The van der Waals surface area contributed by atoms with Gasteiger partial charge in [-0.2, -0.15) is 0 Å². The van der Waals surface area contributed by atoms with Crippen LogP contribution in [-0.2, 0) is 6.42 Å². The predicted molar refractivity (Wildman–Crippen MR) is 134 cm³/mol. The van der Waals surface area contributed by atoms with Crippen LogP contribution in [0.4, 0.5) is 5.69 Å². The molecular formula is C26H38N4O3. The molecule has 0 saturated carbocycles. The number of anilines is 1. The van der Waals surface area contributed by atoms with Crippen molar-refractivity contribution < 1.29 is 14.3 Å². The summed E-state index contributed by atoms with van der Waals surface area (Å²) in [7, 11) is 3.22. The fourth-order valence-corrected chi connectivity index (χ4v) is 4.29. The lowest BCUT2D eigenvalue weighted by Crippen LogP contribution is -2.46. The van der Waals surface area contributed by atoms with Gasteiger partial charge in [0.15, 0.2) is 11.5 Å². The molecule has 0 radical (unpaired) electrons. The molecule has 1 fully saturated rings. The second-order valence-electron chi connectivity index (χ2n) is 8.46.